The molecule has 0 aliphatic heterocycles. The Morgan fingerprint density at radius 2 is 2.06 bits per heavy atom. The van der Waals surface area contributed by atoms with Crippen LogP contribution in [0.1, 0.15) is 39.7 Å². The lowest BCUT2D eigenvalue weighted by Crippen LogP contribution is -2.39. The van der Waals surface area contributed by atoms with Crippen molar-refractivity contribution in [2.75, 3.05) is 6.54 Å². The topological polar surface area (TPSA) is 25.2 Å². The summed E-state index contributed by atoms with van der Waals surface area (Å²) < 4.78 is 5.13. The van der Waals surface area contributed by atoms with E-state index in [1.165, 1.54) is 12.0 Å². The summed E-state index contributed by atoms with van der Waals surface area (Å²) in [5, 5.41) is 3.65. The molecule has 0 saturated carbocycles. The lowest BCUT2D eigenvalue weighted by Gasteiger charge is -2.27. The van der Waals surface area contributed by atoms with Crippen LogP contribution in [0.5, 0.6) is 0 Å². The highest BCUT2D eigenvalue weighted by atomic mass is 16.3. The summed E-state index contributed by atoms with van der Waals surface area (Å²) in [5.74, 6) is 1.39. The summed E-state index contributed by atoms with van der Waals surface area (Å²) in [6, 6.07) is 2.62. The fraction of sp³-hybridized carbons (Fsp3) is 0.714. The van der Waals surface area contributed by atoms with Gasteiger partial charge in [0.1, 0.15) is 0 Å². The largest absolute Gasteiger partial charge is 0.472 e. The van der Waals surface area contributed by atoms with Crippen LogP contribution in [-0.4, -0.2) is 12.6 Å². The van der Waals surface area contributed by atoms with Gasteiger partial charge in [-0.2, -0.15) is 0 Å². The van der Waals surface area contributed by atoms with Crippen LogP contribution in [-0.2, 0) is 6.42 Å². The Morgan fingerprint density at radius 1 is 1.31 bits per heavy atom. The third kappa shape index (κ3) is 4.01. The lowest BCUT2D eigenvalue weighted by atomic mass is 9.87. The summed E-state index contributed by atoms with van der Waals surface area (Å²) in [6.45, 7) is 10.2. The average molecular weight is 223 g/mol. The second kappa shape index (κ2) is 6.74. The van der Waals surface area contributed by atoms with Crippen LogP contribution in [0.2, 0.25) is 0 Å². The average Bonchev–Trinajstić information content (AvgIpc) is 2.75. The second-order valence-corrected chi connectivity index (χ2v) is 5.00. The van der Waals surface area contributed by atoms with E-state index >= 15 is 0 Å². The minimum absolute atomic E-state index is 0.553. The minimum atomic E-state index is 0.553. The Labute approximate surface area is 99.4 Å². The molecular weight excluding hydrogens is 198 g/mol. The van der Waals surface area contributed by atoms with Crippen LogP contribution in [0.15, 0.2) is 23.0 Å². The first kappa shape index (κ1) is 13.3. The Kier molecular flexibility index (Phi) is 5.61. The highest BCUT2D eigenvalue weighted by Crippen LogP contribution is 2.18. The molecular formula is C14H25NO. The predicted octanol–water partition coefficient (Wildman–Crippen LogP) is 3.48. The SMILES string of the molecule is CCCNC(Cc1ccoc1)C(C)C(C)C. The first-order valence-corrected chi connectivity index (χ1v) is 6.39. The molecule has 92 valence electrons. The first-order valence-electron chi connectivity index (χ1n) is 6.39. The molecule has 2 heteroatoms. The zero-order chi connectivity index (χ0) is 12.0. The second-order valence-electron chi connectivity index (χ2n) is 5.00. The van der Waals surface area contributed by atoms with Crippen molar-refractivity contribution in [1.82, 2.24) is 5.32 Å². The number of hydrogen-bond donors (Lipinski definition) is 1. The Bertz CT molecular complexity index is 266. The van der Waals surface area contributed by atoms with Gasteiger partial charge in [0.05, 0.1) is 12.5 Å². The number of hydrogen-bond acceptors (Lipinski definition) is 2. The molecule has 0 aliphatic rings. The highest BCUT2D eigenvalue weighted by Gasteiger charge is 2.20. The van der Waals surface area contributed by atoms with Gasteiger partial charge in [-0.15, -0.1) is 0 Å². The van der Waals surface area contributed by atoms with E-state index in [-0.39, 0.29) is 0 Å². The van der Waals surface area contributed by atoms with E-state index in [0.29, 0.717) is 17.9 Å². The Balaban J connectivity index is 2.56. The smallest absolute Gasteiger partial charge is 0.0935 e. The molecule has 1 N–H and O–H groups in total. The Morgan fingerprint density at radius 3 is 2.56 bits per heavy atom. The summed E-state index contributed by atoms with van der Waals surface area (Å²) in [6.07, 6.45) is 5.86. The fourth-order valence-electron chi connectivity index (χ4n) is 1.90. The van der Waals surface area contributed by atoms with Crippen LogP contribution in [0.4, 0.5) is 0 Å². The summed E-state index contributed by atoms with van der Waals surface area (Å²) in [7, 11) is 0. The van der Waals surface area contributed by atoms with Crippen LogP contribution < -0.4 is 5.32 Å². The van der Waals surface area contributed by atoms with Gasteiger partial charge >= 0.3 is 0 Å². The van der Waals surface area contributed by atoms with Crippen molar-refractivity contribution in [3.8, 4) is 0 Å². The van der Waals surface area contributed by atoms with Gasteiger partial charge in [-0.05, 0) is 42.9 Å². The van der Waals surface area contributed by atoms with Crippen LogP contribution in [0.3, 0.4) is 0 Å². The molecule has 0 radical (unpaired) electrons. The van der Waals surface area contributed by atoms with Crippen LogP contribution in [0.25, 0.3) is 0 Å². The third-order valence-corrected chi connectivity index (χ3v) is 3.38. The monoisotopic (exact) mass is 223 g/mol. The van der Waals surface area contributed by atoms with Crippen molar-refractivity contribution < 1.29 is 4.42 Å². The maximum Gasteiger partial charge on any atom is 0.0935 e. The molecule has 2 unspecified atom stereocenters. The molecule has 0 saturated heterocycles. The molecule has 0 aromatic carbocycles. The quantitative estimate of drug-likeness (QED) is 0.765. The highest BCUT2D eigenvalue weighted by molar-refractivity contribution is 5.08. The fourth-order valence-corrected chi connectivity index (χ4v) is 1.90. The Hall–Kier alpha value is -0.760. The molecule has 2 atom stereocenters. The van der Waals surface area contributed by atoms with Crippen molar-refractivity contribution in [1.29, 1.82) is 0 Å². The lowest BCUT2D eigenvalue weighted by molar-refractivity contribution is 0.296. The van der Waals surface area contributed by atoms with Gasteiger partial charge in [0.25, 0.3) is 0 Å². The molecule has 1 rings (SSSR count). The number of nitrogens with one attached hydrogen (secondary N) is 1. The standard InChI is InChI=1S/C14H25NO/c1-5-7-15-14(12(4)11(2)3)9-13-6-8-16-10-13/h6,8,10-12,14-15H,5,7,9H2,1-4H3. The summed E-state index contributed by atoms with van der Waals surface area (Å²) in [4.78, 5) is 0. The molecule has 0 amide bonds. The predicted molar refractivity (Wildman–Crippen MR) is 68.5 cm³/mol. The van der Waals surface area contributed by atoms with Crippen molar-refractivity contribution in [3.05, 3.63) is 24.2 Å². The van der Waals surface area contributed by atoms with E-state index in [1.54, 1.807) is 6.26 Å². The van der Waals surface area contributed by atoms with Crippen LogP contribution >= 0.6 is 0 Å². The van der Waals surface area contributed by atoms with Gasteiger partial charge in [0, 0.05) is 6.04 Å². The van der Waals surface area contributed by atoms with Gasteiger partial charge in [-0.1, -0.05) is 27.7 Å². The third-order valence-electron chi connectivity index (χ3n) is 3.38. The van der Waals surface area contributed by atoms with E-state index in [1.807, 2.05) is 6.26 Å². The molecule has 1 aromatic heterocycles. The zero-order valence-corrected chi connectivity index (χ0v) is 11.0. The maximum absolute atomic E-state index is 5.13. The minimum Gasteiger partial charge on any atom is -0.472 e. The van der Waals surface area contributed by atoms with E-state index in [4.69, 9.17) is 4.42 Å². The first-order chi connectivity index (χ1) is 7.65. The molecule has 1 heterocycles. The summed E-state index contributed by atoms with van der Waals surface area (Å²) >= 11 is 0. The van der Waals surface area contributed by atoms with Gasteiger partial charge in [0.15, 0.2) is 0 Å². The van der Waals surface area contributed by atoms with E-state index in [2.05, 4.69) is 39.1 Å². The van der Waals surface area contributed by atoms with Gasteiger partial charge < -0.3 is 9.73 Å². The normalized spacial score (nSPS) is 15.3. The van der Waals surface area contributed by atoms with E-state index in [9.17, 15) is 0 Å². The van der Waals surface area contributed by atoms with Crippen LogP contribution in [0, 0.1) is 11.8 Å². The molecule has 0 aliphatic carbocycles. The molecule has 0 spiro atoms. The van der Waals surface area contributed by atoms with Crippen molar-refractivity contribution >= 4 is 0 Å². The maximum atomic E-state index is 5.13. The molecule has 0 bridgehead atoms. The van der Waals surface area contributed by atoms with E-state index < -0.39 is 0 Å². The molecule has 0 fully saturated rings. The molecule has 16 heavy (non-hydrogen) atoms. The number of rotatable bonds is 7. The zero-order valence-electron chi connectivity index (χ0n) is 11.0. The van der Waals surface area contributed by atoms with Gasteiger partial charge in [0.2, 0.25) is 0 Å². The molecule has 2 nitrogen and oxygen atoms in total. The molecule has 1 aromatic rings. The van der Waals surface area contributed by atoms with Crippen molar-refractivity contribution in [2.45, 2.75) is 46.6 Å². The van der Waals surface area contributed by atoms with Gasteiger partial charge in [-0.3, -0.25) is 0 Å². The summed E-state index contributed by atoms with van der Waals surface area (Å²) in [5.41, 5.74) is 1.29. The van der Waals surface area contributed by atoms with Gasteiger partial charge in [-0.25, -0.2) is 0 Å². The number of furan rings is 1. The van der Waals surface area contributed by atoms with E-state index in [0.717, 1.165) is 13.0 Å². The van der Waals surface area contributed by atoms with Crippen molar-refractivity contribution in [2.24, 2.45) is 11.8 Å². The van der Waals surface area contributed by atoms with Crippen molar-refractivity contribution in [3.63, 3.8) is 0 Å².